The van der Waals surface area contributed by atoms with E-state index in [9.17, 15) is 9.59 Å². The van der Waals surface area contributed by atoms with Gasteiger partial charge in [-0.15, -0.1) is 0 Å². The minimum Gasteiger partial charge on any atom is -0.484 e. The number of nitrogens with zero attached hydrogens (tertiary/aromatic N) is 1. The zero-order valence-electron chi connectivity index (χ0n) is 18.7. The highest BCUT2D eigenvalue weighted by Gasteiger charge is 2.20. The molecule has 1 aliphatic carbocycles. The van der Waals surface area contributed by atoms with Crippen LogP contribution in [0.15, 0.2) is 64.2 Å². The number of carbonyl (C=O) groups excluding carboxylic acids is 2. The van der Waals surface area contributed by atoms with E-state index in [2.05, 4.69) is 31.8 Å². The van der Waals surface area contributed by atoms with E-state index >= 15 is 0 Å². The van der Waals surface area contributed by atoms with Crippen LogP contribution in [0, 0.1) is 13.8 Å². The normalized spacial score (nSPS) is 13.5. The summed E-state index contributed by atoms with van der Waals surface area (Å²) < 4.78 is 6.45. The zero-order valence-corrected chi connectivity index (χ0v) is 21.1. The molecule has 0 unspecified atom stereocenters. The monoisotopic (exact) mass is 539 g/mol. The van der Waals surface area contributed by atoms with Gasteiger partial charge in [0.1, 0.15) is 5.75 Å². The van der Waals surface area contributed by atoms with Gasteiger partial charge >= 0.3 is 0 Å². The topological polar surface area (TPSA) is 79.8 Å². The van der Waals surface area contributed by atoms with Gasteiger partial charge in [0.2, 0.25) is 0 Å². The van der Waals surface area contributed by atoms with E-state index in [1.165, 1.54) is 0 Å². The van der Waals surface area contributed by atoms with E-state index in [0.29, 0.717) is 28.4 Å². The lowest BCUT2D eigenvalue weighted by atomic mass is 10.1. The van der Waals surface area contributed by atoms with Crippen molar-refractivity contribution in [2.75, 3.05) is 11.9 Å². The molecule has 0 radical (unpaired) electrons. The molecule has 2 N–H and O–H groups in total. The van der Waals surface area contributed by atoms with E-state index in [4.69, 9.17) is 16.3 Å². The van der Waals surface area contributed by atoms with Crippen LogP contribution in [0.25, 0.3) is 0 Å². The largest absolute Gasteiger partial charge is 0.484 e. The van der Waals surface area contributed by atoms with Crippen molar-refractivity contribution in [1.29, 1.82) is 0 Å². The van der Waals surface area contributed by atoms with Crippen molar-refractivity contribution in [1.82, 2.24) is 5.43 Å². The van der Waals surface area contributed by atoms with Crippen LogP contribution in [0.3, 0.4) is 0 Å². The first-order valence-electron chi connectivity index (χ1n) is 10.8. The van der Waals surface area contributed by atoms with Crippen LogP contribution in [-0.4, -0.2) is 24.1 Å². The molecule has 0 saturated carbocycles. The maximum absolute atomic E-state index is 12.7. The fourth-order valence-electron chi connectivity index (χ4n) is 3.74. The number of halogens is 2. The van der Waals surface area contributed by atoms with Crippen molar-refractivity contribution in [3.63, 3.8) is 0 Å². The van der Waals surface area contributed by atoms with Gasteiger partial charge in [0.25, 0.3) is 11.8 Å². The van der Waals surface area contributed by atoms with E-state index in [1.807, 2.05) is 44.2 Å². The minimum absolute atomic E-state index is 0.159. The third kappa shape index (κ3) is 5.66. The smallest absolute Gasteiger partial charge is 0.277 e. The lowest BCUT2D eigenvalue weighted by molar-refractivity contribution is -0.123. The van der Waals surface area contributed by atoms with Gasteiger partial charge in [0.15, 0.2) is 6.61 Å². The molecule has 0 bridgehead atoms. The molecule has 0 aromatic heterocycles. The summed E-state index contributed by atoms with van der Waals surface area (Å²) in [6.45, 7) is 3.61. The molecule has 0 saturated heterocycles. The van der Waals surface area contributed by atoms with E-state index in [-0.39, 0.29) is 18.4 Å². The molecule has 34 heavy (non-hydrogen) atoms. The maximum atomic E-state index is 12.7. The highest BCUT2D eigenvalue weighted by atomic mass is 79.9. The second-order valence-corrected chi connectivity index (χ2v) is 9.40. The number of rotatable bonds is 6. The summed E-state index contributed by atoms with van der Waals surface area (Å²) in [7, 11) is 0. The van der Waals surface area contributed by atoms with Crippen LogP contribution < -0.4 is 15.5 Å². The fraction of sp³-hybridized carbons (Fsp3) is 0.192. The molecule has 0 heterocycles. The third-order valence-electron chi connectivity index (χ3n) is 5.56. The van der Waals surface area contributed by atoms with E-state index in [1.54, 1.807) is 24.3 Å². The number of fused-ring (bicyclic) bond motifs is 1. The maximum Gasteiger partial charge on any atom is 0.277 e. The average molecular weight is 541 g/mol. The molecule has 3 aromatic carbocycles. The van der Waals surface area contributed by atoms with Crippen molar-refractivity contribution in [2.45, 2.75) is 26.7 Å². The molecule has 0 atom stereocenters. The summed E-state index contributed by atoms with van der Waals surface area (Å²) in [4.78, 5) is 25.0. The Bertz CT molecular complexity index is 1310. The zero-order chi connectivity index (χ0) is 24.2. The second-order valence-electron chi connectivity index (χ2n) is 8.08. The molecule has 2 amide bonds. The highest BCUT2D eigenvalue weighted by Crippen LogP contribution is 2.26. The van der Waals surface area contributed by atoms with Gasteiger partial charge in [-0.05, 0) is 91.9 Å². The number of anilines is 1. The van der Waals surface area contributed by atoms with Gasteiger partial charge in [-0.1, -0.05) is 33.6 Å². The molecule has 8 heteroatoms. The molecular formula is C26H23BrClN3O3. The summed E-state index contributed by atoms with van der Waals surface area (Å²) >= 11 is 9.43. The third-order valence-corrected chi connectivity index (χ3v) is 6.48. The Labute approximate surface area is 211 Å². The number of amides is 2. The number of nitrogens with one attached hydrogen (secondary N) is 2. The summed E-state index contributed by atoms with van der Waals surface area (Å²) in [5.41, 5.74) is 8.42. The van der Waals surface area contributed by atoms with Crippen LogP contribution in [-0.2, 0) is 11.2 Å². The molecule has 174 valence electrons. The number of hydrogen-bond acceptors (Lipinski definition) is 4. The Kier molecular flexibility index (Phi) is 7.34. The summed E-state index contributed by atoms with van der Waals surface area (Å²) in [5.74, 6) is 0.0327. The Morgan fingerprint density at radius 1 is 1.03 bits per heavy atom. The first kappa shape index (κ1) is 24.0. The number of hydrazone groups is 1. The van der Waals surface area contributed by atoms with Crippen LogP contribution in [0.5, 0.6) is 5.75 Å². The van der Waals surface area contributed by atoms with Crippen LogP contribution >= 0.6 is 27.5 Å². The minimum atomic E-state index is -0.358. The summed E-state index contributed by atoms with van der Waals surface area (Å²) in [6.07, 6.45) is 1.53. The van der Waals surface area contributed by atoms with Crippen molar-refractivity contribution >= 4 is 50.7 Å². The van der Waals surface area contributed by atoms with Gasteiger partial charge in [0.05, 0.1) is 5.71 Å². The van der Waals surface area contributed by atoms with Crippen LogP contribution in [0.1, 0.15) is 39.0 Å². The van der Waals surface area contributed by atoms with Crippen molar-refractivity contribution < 1.29 is 14.3 Å². The quantitative estimate of drug-likeness (QED) is 0.387. The average Bonchev–Trinajstić information content (AvgIpc) is 3.20. The van der Waals surface area contributed by atoms with Crippen LogP contribution in [0.4, 0.5) is 5.69 Å². The number of carbonyl (C=O) groups is 2. The number of ether oxygens (including phenoxy) is 1. The predicted octanol–water partition coefficient (Wildman–Crippen LogP) is 5.82. The first-order chi connectivity index (χ1) is 16.3. The highest BCUT2D eigenvalue weighted by molar-refractivity contribution is 9.10. The lowest BCUT2D eigenvalue weighted by Gasteiger charge is -2.10. The van der Waals surface area contributed by atoms with Crippen molar-refractivity contribution in [2.24, 2.45) is 5.10 Å². The first-order valence-corrected chi connectivity index (χ1v) is 11.9. The van der Waals surface area contributed by atoms with Gasteiger partial charge in [0, 0.05) is 26.3 Å². The molecule has 3 aromatic rings. The van der Waals surface area contributed by atoms with E-state index in [0.717, 1.165) is 38.9 Å². The number of hydrogen-bond donors (Lipinski definition) is 2. The SMILES string of the molecule is Cc1cc(OCC(=O)NN=C2CCc3ccc(NC(=O)c4ccc(Br)cc4C)cc32)ccc1Cl. The van der Waals surface area contributed by atoms with Gasteiger partial charge in [-0.25, -0.2) is 5.43 Å². The Morgan fingerprint density at radius 2 is 1.85 bits per heavy atom. The summed E-state index contributed by atoms with van der Waals surface area (Å²) in [6, 6.07) is 16.5. The predicted molar refractivity (Wildman–Crippen MR) is 138 cm³/mol. The molecule has 1 aliphatic rings. The van der Waals surface area contributed by atoms with Crippen LogP contribution in [0.2, 0.25) is 5.02 Å². The standard InChI is InChI=1S/C26H23BrClN3O3/c1-15-11-18(27)5-8-21(15)26(33)29-19-6-3-17-4-10-24(22(17)13-19)30-31-25(32)14-34-20-7-9-23(28)16(2)12-20/h3,5-9,11-13H,4,10,14H2,1-2H3,(H,29,33)(H,31,32). The van der Waals surface area contributed by atoms with Gasteiger partial charge in [-0.2, -0.15) is 5.10 Å². The molecule has 0 aliphatic heterocycles. The fourth-order valence-corrected chi connectivity index (χ4v) is 4.34. The Balaban J connectivity index is 1.40. The van der Waals surface area contributed by atoms with Crippen molar-refractivity contribution in [3.05, 3.63) is 91.9 Å². The second kappa shape index (κ2) is 10.4. The Morgan fingerprint density at radius 3 is 2.62 bits per heavy atom. The van der Waals surface area contributed by atoms with E-state index < -0.39 is 0 Å². The van der Waals surface area contributed by atoms with Gasteiger partial charge in [-0.3, -0.25) is 9.59 Å². The van der Waals surface area contributed by atoms with Gasteiger partial charge < -0.3 is 10.1 Å². The number of aryl methyl sites for hydroxylation is 3. The summed E-state index contributed by atoms with van der Waals surface area (Å²) in [5, 5.41) is 7.91. The Hall–Kier alpha value is -3.16. The molecule has 0 spiro atoms. The van der Waals surface area contributed by atoms with Crippen molar-refractivity contribution in [3.8, 4) is 5.75 Å². The molecule has 0 fully saturated rings. The number of benzene rings is 3. The lowest BCUT2D eigenvalue weighted by Crippen LogP contribution is -2.25. The molecule has 6 nitrogen and oxygen atoms in total. The molecule has 4 rings (SSSR count). The molecular weight excluding hydrogens is 518 g/mol.